The van der Waals surface area contributed by atoms with Crippen LogP contribution in [0, 0.1) is 5.82 Å². The molecule has 0 aliphatic rings. The molecule has 0 radical (unpaired) electrons. The highest BCUT2D eigenvalue weighted by Crippen LogP contribution is 2.27. The van der Waals surface area contributed by atoms with Crippen molar-refractivity contribution in [2.24, 2.45) is 0 Å². The van der Waals surface area contributed by atoms with E-state index in [9.17, 15) is 4.39 Å². The molecule has 0 unspecified atom stereocenters. The van der Waals surface area contributed by atoms with Crippen molar-refractivity contribution in [3.05, 3.63) is 60.0 Å². The van der Waals surface area contributed by atoms with E-state index in [0.717, 1.165) is 22.3 Å². The number of hydrogen-bond donors (Lipinski definition) is 1. The zero-order valence-corrected chi connectivity index (χ0v) is 12.7. The van der Waals surface area contributed by atoms with Crippen LogP contribution in [0.5, 0.6) is 5.75 Å². The van der Waals surface area contributed by atoms with Crippen LogP contribution >= 0.6 is 0 Å². The van der Waals surface area contributed by atoms with Crippen LogP contribution in [0.2, 0.25) is 0 Å². The van der Waals surface area contributed by atoms with Gasteiger partial charge in [0.15, 0.2) is 11.6 Å². The fourth-order valence-corrected chi connectivity index (χ4v) is 2.73. The highest BCUT2D eigenvalue weighted by Gasteiger charge is 2.13. The molecule has 0 fully saturated rings. The molecule has 1 aromatic heterocycles. The monoisotopic (exact) mass is 298 g/mol. The molecule has 0 aliphatic carbocycles. The van der Waals surface area contributed by atoms with Crippen LogP contribution in [0.25, 0.3) is 10.9 Å². The van der Waals surface area contributed by atoms with Gasteiger partial charge >= 0.3 is 0 Å². The Hall–Kier alpha value is -2.49. The first-order valence-electron chi connectivity index (χ1n) is 7.33. The van der Waals surface area contributed by atoms with E-state index in [0.29, 0.717) is 6.61 Å². The van der Waals surface area contributed by atoms with Crippen molar-refractivity contribution in [1.29, 1.82) is 0 Å². The maximum absolute atomic E-state index is 13.7. The van der Waals surface area contributed by atoms with E-state index >= 15 is 0 Å². The Bertz CT molecular complexity index is 808. The number of rotatable bonds is 4. The summed E-state index contributed by atoms with van der Waals surface area (Å²) >= 11 is 0. The third-order valence-corrected chi connectivity index (χ3v) is 3.67. The second kappa shape index (κ2) is 5.72. The Labute approximate surface area is 129 Å². The first-order valence-corrected chi connectivity index (χ1v) is 7.33. The van der Waals surface area contributed by atoms with Crippen LogP contribution in [0.15, 0.2) is 48.5 Å². The summed E-state index contributed by atoms with van der Waals surface area (Å²) in [7, 11) is 0. The van der Waals surface area contributed by atoms with Gasteiger partial charge in [0.25, 0.3) is 0 Å². The SMILES string of the molecule is CC(C)n1c(COc2ccccc2F)cc2ccc(N)cc21. The van der Waals surface area contributed by atoms with Gasteiger partial charge in [-0.1, -0.05) is 18.2 Å². The lowest BCUT2D eigenvalue weighted by atomic mass is 10.2. The lowest BCUT2D eigenvalue weighted by Gasteiger charge is -2.15. The molecule has 3 rings (SSSR count). The zero-order valence-electron chi connectivity index (χ0n) is 12.7. The van der Waals surface area contributed by atoms with Gasteiger partial charge in [-0.25, -0.2) is 4.39 Å². The van der Waals surface area contributed by atoms with Gasteiger partial charge in [-0.15, -0.1) is 0 Å². The standard InChI is InChI=1S/C18H19FN2O/c1-12(2)21-15(9-13-7-8-14(20)10-17(13)21)11-22-18-6-4-3-5-16(18)19/h3-10,12H,11,20H2,1-2H3. The van der Waals surface area contributed by atoms with Crippen LogP contribution in [-0.2, 0) is 6.61 Å². The molecule has 4 heteroatoms. The molecule has 0 atom stereocenters. The van der Waals surface area contributed by atoms with Crippen molar-refractivity contribution >= 4 is 16.6 Å². The number of nitrogen functional groups attached to an aromatic ring is 1. The molecule has 3 aromatic rings. The van der Waals surface area contributed by atoms with Gasteiger partial charge in [0.2, 0.25) is 0 Å². The van der Waals surface area contributed by atoms with Gasteiger partial charge in [0.05, 0.1) is 11.2 Å². The number of aromatic nitrogens is 1. The van der Waals surface area contributed by atoms with Crippen LogP contribution in [0.3, 0.4) is 0 Å². The lowest BCUT2D eigenvalue weighted by molar-refractivity contribution is 0.279. The van der Waals surface area contributed by atoms with Crippen molar-refractivity contribution in [2.75, 3.05) is 5.73 Å². The van der Waals surface area contributed by atoms with Gasteiger partial charge in [-0.05, 0) is 44.2 Å². The molecule has 0 aliphatic heterocycles. The number of nitrogens with two attached hydrogens (primary N) is 1. The fraction of sp³-hybridized carbons (Fsp3) is 0.222. The minimum absolute atomic E-state index is 0.263. The third-order valence-electron chi connectivity index (χ3n) is 3.67. The highest BCUT2D eigenvalue weighted by atomic mass is 19.1. The highest BCUT2D eigenvalue weighted by molar-refractivity contribution is 5.84. The molecule has 22 heavy (non-hydrogen) atoms. The predicted molar refractivity (Wildman–Crippen MR) is 87.5 cm³/mol. The van der Waals surface area contributed by atoms with E-state index in [1.54, 1.807) is 18.2 Å². The summed E-state index contributed by atoms with van der Waals surface area (Å²) < 4.78 is 21.5. The number of fused-ring (bicyclic) bond motifs is 1. The zero-order chi connectivity index (χ0) is 15.7. The number of ether oxygens (including phenoxy) is 1. The largest absolute Gasteiger partial charge is 0.484 e. The second-order valence-corrected chi connectivity index (χ2v) is 5.64. The minimum atomic E-state index is -0.348. The van der Waals surface area contributed by atoms with E-state index in [-0.39, 0.29) is 17.6 Å². The molecule has 0 saturated heterocycles. The van der Waals surface area contributed by atoms with E-state index < -0.39 is 0 Å². The smallest absolute Gasteiger partial charge is 0.165 e. The molecule has 2 aromatic carbocycles. The summed E-state index contributed by atoms with van der Waals surface area (Å²) in [5.74, 6) is -0.0819. The Kier molecular flexibility index (Phi) is 3.75. The Morgan fingerprint density at radius 2 is 1.91 bits per heavy atom. The molecule has 0 bridgehead atoms. The van der Waals surface area contributed by atoms with Crippen molar-refractivity contribution < 1.29 is 9.13 Å². The Balaban J connectivity index is 1.96. The van der Waals surface area contributed by atoms with Crippen molar-refractivity contribution in [2.45, 2.75) is 26.5 Å². The summed E-state index contributed by atoms with van der Waals surface area (Å²) in [6, 6.07) is 14.6. The van der Waals surface area contributed by atoms with E-state index in [2.05, 4.69) is 24.5 Å². The molecule has 2 N–H and O–H groups in total. The van der Waals surface area contributed by atoms with Gasteiger partial charge in [0.1, 0.15) is 6.61 Å². The number of para-hydroxylation sites is 1. The third kappa shape index (κ3) is 2.64. The average molecular weight is 298 g/mol. The molecular formula is C18H19FN2O. The molecule has 3 nitrogen and oxygen atoms in total. The van der Waals surface area contributed by atoms with Gasteiger partial charge in [-0.3, -0.25) is 0 Å². The molecule has 0 spiro atoms. The summed E-state index contributed by atoms with van der Waals surface area (Å²) in [6.45, 7) is 4.53. The number of anilines is 1. The van der Waals surface area contributed by atoms with Crippen LogP contribution in [0.1, 0.15) is 25.6 Å². The molecule has 1 heterocycles. The van der Waals surface area contributed by atoms with E-state index in [4.69, 9.17) is 10.5 Å². The summed E-state index contributed by atoms with van der Waals surface area (Å²) in [4.78, 5) is 0. The quantitative estimate of drug-likeness (QED) is 0.719. The van der Waals surface area contributed by atoms with E-state index in [1.807, 2.05) is 18.2 Å². The average Bonchev–Trinajstić information content (AvgIpc) is 2.84. The van der Waals surface area contributed by atoms with Crippen molar-refractivity contribution in [1.82, 2.24) is 4.57 Å². The number of nitrogens with zero attached hydrogens (tertiary/aromatic N) is 1. The molecule has 0 amide bonds. The van der Waals surface area contributed by atoms with Gasteiger partial charge in [0, 0.05) is 17.1 Å². The Morgan fingerprint density at radius 3 is 2.64 bits per heavy atom. The van der Waals surface area contributed by atoms with Crippen LogP contribution < -0.4 is 10.5 Å². The molecular weight excluding hydrogens is 279 g/mol. The molecule has 114 valence electrons. The first-order chi connectivity index (χ1) is 10.6. The fourth-order valence-electron chi connectivity index (χ4n) is 2.73. The molecule has 0 saturated carbocycles. The summed E-state index contributed by atoms with van der Waals surface area (Å²) in [6.07, 6.45) is 0. The second-order valence-electron chi connectivity index (χ2n) is 5.64. The van der Waals surface area contributed by atoms with E-state index in [1.165, 1.54) is 6.07 Å². The van der Waals surface area contributed by atoms with Crippen LogP contribution in [0.4, 0.5) is 10.1 Å². The minimum Gasteiger partial charge on any atom is -0.484 e. The Morgan fingerprint density at radius 1 is 1.14 bits per heavy atom. The first kappa shape index (κ1) is 14.4. The summed E-state index contributed by atoms with van der Waals surface area (Å²) in [5, 5.41) is 1.11. The topological polar surface area (TPSA) is 40.2 Å². The van der Waals surface area contributed by atoms with Crippen molar-refractivity contribution in [3.8, 4) is 5.75 Å². The van der Waals surface area contributed by atoms with Gasteiger partial charge < -0.3 is 15.0 Å². The number of hydrogen-bond acceptors (Lipinski definition) is 2. The number of benzene rings is 2. The maximum atomic E-state index is 13.7. The number of halogens is 1. The summed E-state index contributed by atoms with van der Waals surface area (Å²) in [5.41, 5.74) is 8.69. The normalized spacial score (nSPS) is 11.3. The lowest BCUT2D eigenvalue weighted by Crippen LogP contribution is -2.08. The van der Waals surface area contributed by atoms with Gasteiger partial charge in [-0.2, -0.15) is 0 Å². The van der Waals surface area contributed by atoms with Crippen LogP contribution in [-0.4, -0.2) is 4.57 Å². The maximum Gasteiger partial charge on any atom is 0.165 e. The van der Waals surface area contributed by atoms with Crippen molar-refractivity contribution in [3.63, 3.8) is 0 Å². The predicted octanol–water partition coefficient (Wildman–Crippen LogP) is 4.52.